The lowest BCUT2D eigenvalue weighted by atomic mass is 9.79. The van der Waals surface area contributed by atoms with Crippen LogP contribution in [0.4, 0.5) is 0 Å². The molecule has 3 aromatic heterocycles. The number of nitrogens with zero attached hydrogens (tertiary/aromatic N) is 5. The highest BCUT2D eigenvalue weighted by atomic mass is 16.3. The molecule has 0 spiro atoms. The van der Waals surface area contributed by atoms with Gasteiger partial charge in [-0.1, -0.05) is 18.6 Å². The maximum Gasteiger partial charge on any atom is 0.181 e. The standard InChI is InChI=1S/C23H19N5O/c1-2-9-25-18(6-1)22-17-10-16(15-4-3-5-15)7-8-19(17)28-13-27-23(20(28)11-26-22)21-12-24-14-29-21/h1-2,6-10,12-15H,3-5,11H2. The Hall–Kier alpha value is -3.54. The summed E-state index contributed by atoms with van der Waals surface area (Å²) < 4.78 is 7.63. The third-order valence-corrected chi connectivity index (χ3v) is 5.94. The Balaban J connectivity index is 1.57. The van der Waals surface area contributed by atoms with Gasteiger partial charge in [0.15, 0.2) is 12.2 Å². The minimum Gasteiger partial charge on any atom is -0.442 e. The molecular formula is C23H19N5O. The summed E-state index contributed by atoms with van der Waals surface area (Å²) in [6.07, 6.45) is 10.6. The number of hydrogen-bond donors (Lipinski definition) is 0. The highest BCUT2D eigenvalue weighted by molar-refractivity contribution is 6.14. The fraction of sp³-hybridized carbons (Fsp3) is 0.217. The molecule has 0 unspecified atom stereocenters. The van der Waals surface area contributed by atoms with Gasteiger partial charge in [0.2, 0.25) is 0 Å². The maximum atomic E-state index is 5.51. The van der Waals surface area contributed by atoms with Crippen molar-refractivity contribution in [2.45, 2.75) is 31.7 Å². The van der Waals surface area contributed by atoms with Crippen molar-refractivity contribution >= 4 is 5.71 Å². The summed E-state index contributed by atoms with van der Waals surface area (Å²) in [6, 6.07) is 12.7. The van der Waals surface area contributed by atoms with Gasteiger partial charge in [0.25, 0.3) is 0 Å². The van der Waals surface area contributed by atoms with E-state index >= 15 is 0 Å². The van der Waals surface area contributed by atoms with E-state index in [-0.39, 0.29) is 0 Å². The largest absolute Gasteiger partial charge is 0.442 e. The number of hydrogen-bond acceptors (Lipinski definition) is 5. The van der Waals surface area contributed by atoms with Gasteiger partial charge in [0.1, 0.15) is 12.0 Å². The van der Waals surface area contributed by atoms with Gasteiger partial charge < -0.3 is 4.42 Å². The van der Waals surface area contributed by atoms with Crippen LogP contribution in [-0.2, 0) is 6.54 Å². The number of aromatic nitrogens is 4. The van der Waals surface area contributed by atoms with Gasteiger partial charge in [0, 0.05) is 11.8 Å². The van der Waals surface area contributed by atoms with Gasteiger partial charge in [-0.3, -0.25) is 14.5 Å². The van der Waals surface area contributed by atoms with Gasteiger partial charge >= 0.3 is 0 Å². The molecule has 142 valence electrons. The molecule has 1 aromatic carbocycles. The van der Waals surface area contributed by atoms with Crippen molar-refractivity contribution in [3.63, 3.8) is 0 Å². The molecule has 2 aliphatic rings. The number of oxazole rings is 1. The predicted molar refractivity (Wildman–Crippen MR) is 109 cm³/mol. The summed E-state index contributed by atoms with van der Waals surface area (Å²) in [5.41, 5.74) is 7.15. The van der Waals surface area contributed by atoms with Gasteiger partial charge in [-0.15, -0.1) is 0 Å². The van der Waals surface area contributed by atoms with Crippen molar-refractivity contribution in [1.82, 2.24) is 19.5 Å². The van der Waals surface area contributed by atoms with Gasteiger partial charge in [0.05, 0.1) is 35.5 Å². The summed E-state index contributed by atoms with van der Waals surface area (Å²) in [5, 5.41) is 0. The van der Waals surface area contributed by atoms with Gasteiger partial charge in [-0.2, -0.15) is 0 Å². The number of imidazole rings is 1. The Morgan fingerprint density at radius 3 is 2.79 bits per heavy atom. The normalized spacial score (nSPS) is 15.8. The summed E-state index contributed by atoms with van der Waals surface area (Å²) in [5.74, 6) is 1.31. The van der Waals surface area contributed by atoms with E-state index in [1.807, 2.05) is 30.7 Å². The fourth-order valence-corrected chi connectivity index (χ4v) is 4.18. The van der Waals surface area contributed by atoms with Crippen LogP contribution in [0.3, 0.4) is 0 Å². The van der Waals surface area contributed by atoms with Crippen LogP contribution < -0.4 is 0 Å². The van der Waals surface area contributed by atoms with E-state index in [1.165, 1.54) is 31.2 Å². The van der Waals surface area contributed by atoms with Gasteiger partial charge in [-0.25, -0.2) is 9.97 Å². The minimum atomic E-state index is 0.495. The van der Waals surface area contributed by atoms with E-state index in [0.717, 1.165) is 34.0 Å². The molecule has 29 heavy (non-hydrogen) atoms. The molecule has 0 amide bonds. The quantitative estimate of drug-likeness (QED) is 0.522. The Bertz CT molecular complexity index is 1200. The zero-order valence-corrected chi connectivity index (χ0v) is 15.8. The first kappa shape index (κ1) is 16.4. The molecule has 1 aliphatic heterocycles. The lowest BCUT2D eigenvalue weighted by Crippen LogP contribution is -2.13. The van der Waals surface area contributed by atoms with E-state index < -0.39 is 0 Å². The summed E-state index contributed by atoms with van der Waals surface area (Å²) >= 11 is 0. The Morgan fingerprint density at radius 2 is 2.03 bits per heavy atom. The fourth-order valence-electron chi connectivity index (χ4n) is 4.18. The topological polar surface area (TPSA) is 69.1 Å². The molecule has 6 heteroatoms. The van der Waals surface area contributed by atoms with E-state index in [0.29, 0.717) is 18.2 Å². The van der Waals surface area contributed by atoms with Gasteiger partial charge in [-0.05, 0) is 48.6 Å². The lowest BCUT2D eigenvalue weighted by molar-refractivity contribution is 0.419. The van der Waals surface area contributed by atoms with E-state index in [1.54, 1.807) is 6.20 Å². The van der Waals surface area contributed by atoms with Crippen molar-refractivity contribution in [2.75, 3.05) is 0 Å². The average Bonchev–Trinajstić information content (AvgIpc) is 3.35. The molecule has 0 radical (unpaired) electrons. The highest BCUT2D eigenvalue weighted by Gasteiger charge is 2.26. The van der Waals surface area contributed by atoms with Crippen LogP contribution in [0.5, 0.6) is 0 Å². The molecule has 4 aromatic rings. The molecule has 1 fully saturated rings. The van der Waals surface area contributed by atoms with Crippen LogP contribution in [-0.4, -0.2) is 25.2 Å². The van der Waals surface area contributed by atoms with Crippen LogP contribution in [0.15, 0.2) is 70.9 Å². The van der Waals surface area contributed by atoms with Crippen LogP contribution in [0.2, 0.25) is 0 Å². The molecule has 0 atom stereocenters. The molecular weight excluding hydrogens is 362 g/mol. The summed E-state index contributed by atoms with van der Waals surface area (Å²) in [6.45, 7) is 0.495. The van der Waals surface area contributed by atoms with Crippen molar-refractivity contribution in [2.24, 2.45) is 4.99 Å². The Labute approximate surface area is 168 Å². The lowest BCUT2D eigenvalue weighted by Gasteiger charge is -2.27. The molecule has 0 N–H and O–H groups in total. The molecule has 0 saturated heterocycles. The Morgan fingerprint density at radius 1 is 1.07 bits per heavy atom. The van der Waals surface area contributed by atoms with Crippen LogP contribution >= 0.6 is 0 Å². The molecule has 1 aliphatic carbocycles. The zero-order valence-electron chi connectivity index (χ0n) is 15.8. The predicted octanol–water partition coefficient (Wildman–Crippen LogP) is 4.54. The molecule has 6 nitrogen and oxygen atoms in total. The van der Waals surface area contributed by atoms with Crippen LogP contribution in [0, 0.1) is 0 Å². The van der Waals surface area contributed by atoms with Crippen molar-refractivity contribution in [1.29, 1.82) is 0 Å². The summed E-state index contributed by atoms with van der Waals surface area (Å²) in [4.78, 5) is 18.2. The first-order valence-electron chi connectivity index (χ1n) is 9.94. The van der Waals surface area contributed by atoms with Crippen molar-refractivity contribution in [3.05, 3.63) is 84.0 Å². The first-order chi connectivity index (χ1) is 14.4. The second kappa shape index (κ2) is 6.51. The first-order valence-corrected chi connectivity index (χ1v) is 9.94. The number of pyridine rings is 1. The second-order valence-electron chi connectivity index (χ2n) is 7.56. The average molecular weight is 381 g/mol. The number of fused-ring (bicyclic) bond motifs is 3. The molecule has 1 saturated carbocycles. The number of aliphatic imine (C=N–C) groups is 1. The van der Waals surface area contributed by atoms with E-state index in [2.05, 4.69) is 37.7 Å². The van der Waals surface area contributed by atoms with E-state index in [4.69, 9.17) is 9.41 Å². The monoisotopic (exact) mass is 381 g/mol. The maximum absolute atomic E-state index is 5.51. The highest BCUT2D eigenvalue weighted by Crippen LogP contribution is 2.38. The molecule has 0 bridgehead atoms. The molecule has 6 rings (SSSR count). The molecule has 4 heterocycles. The van der Waals surface area contributed by atoms with Crippen molar-refractivity contribution in [3.8, 4) is 17.1 Å². The third-order valence-electron chi connectivity index (χ3n) is 5.94. The minimum absolute atomic E-state index is 0.495. The second-order valence-corrected chi connectivity index (χ2v) is 7.56. The number of benzene rings is 1. The summed E-state index contributed by atoms with van der Waals surface area (Å²) in [7, 11) is 0. The SMILES string of the molecule is c1ccc(C2=NCc3c(-c4cnco4)ncn3-c3ccc(C4CCC4)cc32)nc1. The zero-order chi connectivity index (χ0) is 19.2. The Kier molecular flexibility index (Phi) is 3.69. The van der Waals surface area contributed by atoms with Crippen LogP contribution in [0.25, 0.3) is 17.1 Å². The third kappa shape index (κ3) is 2.63. The van der Waals surface area contributed by atoms with Crippen LogP contribution in [0.1, 0.15) is 47.7 Å². The van der Waals surface area contributed by atoms with Crippen molar-refractivity contribution < 1.29 is 4.42 Å². The smallest absolute Gasteiger partial charge is 0.181 e. The van der Waals surface area contributed by atoms with E-state index in [9.17, 15) is 0 Å². The number of rotatable bonds is 3.